The first-order valence-electron chi connectivity index (χ1n) is 12.3. The van der Waals surface area contributed by atoms with Gasteiger partial charge in [0.15, 0.2) is 0 Å². The van der Waals surface area contributed by atoms with E-state index in [0.29, 0.717) is 32.1 Å². The number of hydrogen-bond donors (Lipinski definition) is 5. The van der Waals surface area contributed by atoms with Gasteiger partial charge in [-0.05, 0) is 25.7 Å². The van der Waals surface area contributed by atoms with Gasteiger partial charge >= 0.3 is 16.4 Å². The fourth-order valence-corrected chi connectivity index (χ4v) is 5.42. The van der Waals surface area contributed by atoms with E-state index in [4.69, 9.17) is 13.8 Å². The normalized spacial score (nSPS) is 15.1. The van der Waals surface area contributed by atoms with E-state index in [-0.39, 0.29) is 25.7 Å². The van der Waals surface area contributed by atoms with Gasteiger partial charge < -0.3 is 14.9 Å². The van der Waals surface area contributed by atoms with Crippen LogP contribution in [-0.4, -0.2) is 79.7 Å². The Labute approximate surface area is 224 Å². The molecule has 0 aliphatic carbocycles. The predicted octanol–water partition coefficient (Wildman–Crippen LogP) is 2.71. The molecule has 0 radical (unpaired) electrons. The van der Waals surface area contributed by atoms with Gasteiger partial charge in [-0.25, -0.2) is 4.18 Å². The summed E-state index contributed by atoms with van der Waals surface area (Å²) in [6, 6.07) is 0. The lowest BCUT2D eigenvalue weighted by Crippen LogP contribution is -2.26. The Morgan fingerprint density at radius 3 is 1.89 bits per heavy atom. The summed E-state index contributed by atoms with van der Waals surface area (Å²) < 4.78 is 103. The van der Waals surface area contributed by atoms with Crippen LogP contribution >= 0.6 is 0 Å². The topological polar surface area (TPSA) is 239 Å². The number of unbranched alkanes of at least 4 members (excludes halogenated alkanes) is 7. The Morgan fingerprint density at radius 2 is 1.37 bits per heavy atom. The van der Waals surface area contributed by atoms with Crippen LogP contribution in [0.2, 0.25) is 0 Å². The van der Waals surface area contributed by atoms with Crippen molar-refractivity contribution < 1.29 is 62.8 Å². The second-order valence-corrected chi connectivity index (χ2v) is 12.9. The van der Waals surface area contributed by atoms with Crippen molar-refractivity contribution in [3.63, 3.8) is 0 Å². The highest BCUT2D eigenvalue weighted by Gasteiger charge is 2.25. The summed E-state index contributed by atoms with van der Waals surface area (Å²) in [6.07, 6.45) is 1.83. The molecule has 38 heavy (non-hydrogen) atoms. The maximum Gasteiger partial charge on any atom is 0.397 e. The maximum absolute atomic E-state index is 11.8. The zero-order chi connectivity index (χ0) is 29.4. The Bertz CT molecular complexity index is 1050. The number of ether oxygens (including phenoxy) is 1. The van der Waals surface area contributed by atoms with Crippen LogP contribution in [0.3, 0.4) is 0 Å². The predicted molar refractivity (Wildman–Crippen MR) is 137 cm³/mol. The smallest absolute Gasteiger partial charge is 0.397 e. The standard InChI is InChI=1S/C21H40O14S3/c1-2-3-4-8-11-18(35-38(31,32)33)14-19(23)20(37(28,29)30)12-9-6-5-7-10-13-21(24)34-15-17(22)16-36(25,26)27/h17-18,22-23H,2-16H2,1H3,(H,25,26,27)(H,28,29,30)(H,31,32,33)/b20-19+. The molecule has 0 fully saturated rings. The first-order chi connectivity index (χ1) is 17.4. The van der Waals surface area contributed by atoms with Crippen LogP contribution in [0.1, 0.15) is 90.4 Å². The summed E-state index contributed by atoms with van der Waals surface area (Å²) in [5, 5.41) is 19.7. The van der Waals surface area contributed by atoms with Crippen molar-refractivity contribution in [1.29, 1.82) is 0 Å². The van der Waals surface area contributed by atoms with Crippen molar-refractivity contribution in [2.45, 2.75) is 103 Å². The van der Waals surface area contributed by atoms with Gasteiger partial charge in [0.25, 0.3) is 20.2 Å². The molecule has 0 saturated carbocycles. The molecule has 0 spiro atoms. The first-order valence-corrected chi connectivity index (χ1v) is 16.7. The Kier molecular flexibility index (Phi) is 17.5. The lowest BCUT2D eigenvalue weighted by Gasteiger charge is -2.16. The minimum atomic E-state index is -4.85. The lowest BCUT2D eigenvalue weighted by molar-refractivity contribution is -0.146. The number of carbonyl (C=O) groups excluding carboxylic acids is 1. The van der Waals surface area contributed by atoms with Gasteiger partial charge in [0.2, 0.25) is 0 Å². The molecule has 5 N–H and O–H groups in total. The fourth-order valence-electron chi connectivity index (χ4n) is 3.54. The molecule has 0 saturated heterocycles. The van der Waals surface area contributed by atoms with Crippen LogP contribution in [0, 0.1) is 0 Å². The van der Waals surface area contributed by atoms with Crippen LogP contribution in [0.25, 0.3) is 0 Å². The summed E-state index contributed by atoms with van der Waals surface area (Å²) in [5.74, 6) is -2.38. The summed E-state index contributed by atoms with van der Waals surface area (Å²) >= 11 is 0. The molecule has 0 rings (SSSR count). The van der Waals surface area contributed by atoms with E-state index >= 15 is 0 Å². The molecule has 226 valence electrons. The van der Waals surface area contributed by atoms with Crippen molar-refractivity contribution in [3.05, 3.63) is 10.7 Å². The lowest BCUT2D eigenvalue weighted by atomic mass is 10.0. The molecule has 0 bridgehead atoms. The Morgan fingerprint density at radius 1 is 0.816 bits per heavy atom. The van der Waals surface area contributed by atoms with Crippen LogP contribution in [0.5, 0.6) is 0 Å². The molecule has 2 atom stereocenters. The van der Waals surface area contributed by atoms with Gasteiger partial charge in [0, 0.05) is 12.8 Å². The van der Waals surface area contributed by atoms with Gasteiger partial charge in [-0.1, -0.05) is 51.9 Å². The summed E-state index contributed by atoms with van der Waals surface area (Å²) in [7, 11) is -14.0. The van der Waals surface area contributed by atoms with E-state index in [1.165, 1.54) is 0 Å². The van der Waals surface area contributed by atoms with Gasteiger partial charge in [0.05, 0.1) is 6.10 Å². The number of hydrogen-bond acceptors (Lipinski definition) is 11. The molecule has 2 unspecified atom stereocenters. The van der Waals surface area contributed by atoms with E-state index in [0.717, 1.165) is 19.3 Å². The Balaban J connectivity index is 4.67. The third-order valence-corrected chi connectivity index (χ3v) is 7.70. The van der Waals surface area contributed by atoms with Gasteiger partial charge in [-0.3, -0.25) is 18.5 Å². The summed E-state index contributed by atoms with van der Waals surface area (Å²) in [6.45, 7) is 1.39. The van der Waals surface area contributed by atoms with E-state index in [1.807, 2.05) is 6.92 Å². The van der Waals surface area contributed by atoms with Crippen molar-refractivity contribution in [2.24, 2.45) is 0 Å². The van der Waals surface area contributed by atoms with Crippen LogP contribution in [0.15, 0.2) is 10.7 Å². The van der Waals surface area contributed by atoms with Crippen LogP contribution in [-0.2, 0) is 44.3 Å². The minimum Gasteiger partial charge on any atom is -0.511 e. The molecule has 0 aliphatic rings. The molecule has 0 heterocycles. The van der Waals surface area contributed by atoms with Crippen molar-refractivity contribution >= 4 is 36.6 Å². The molecule has 0 amide bonds. The largest absolute Gasteiger partial charge is 0.511 e. The molecule has 17 heteroatoms. The number of aliphatic hydroxyl groups excluding tert-OH is 2. The highest BCUT2D eigenvalue weighted by Crippen LogP contribution is 2.24. The third-order valence-electron chi connectivity index (χ3n) is 5.32. The number of allylic oxidation sites excluding steroid dienone is 1. The van der Waals surface area contributed by atoms with Crippen molar-refractivity contribution in [2.75, 3.05) is 12.4 Å². The summed E-state index contributed by atoms with van der Waals surface area (Å²) in [4.78, 5) is 10.9. The number of esters is 1. The quantitative estimate of drug-likeness (QED) is 0.0511. The van der Waals surface area contributed by atoms with Crippen molar-refractivity contribution in [3.8, 4) is 0 Å². The molecular formula is C21H40O14S3. The molecule has 14 nitrogen and oxygen atoms in total. The van der Waals surface area contributed by atoms with Gasteiger partial charge in [0.1, 0.15) is 29.1 Å². The average Bonchev–Trinajstić information content (AvgIpc) is 2.73. The zero-order valence-electron chi connectivity index (χ0n) is 21.4. The maximum atomic E-state index is 11.8. The number of carbonyl (C=O) groups is 1. The molecule has 0 aromatic heterocycles. The average molecular weight is 613 g/mol. The van der Waals surface area contributed by atoms with Gasteiger partial charge in [-0.2, -0.15) is 25.3 Å². The summed E-state index contributed by atoms with van der Waals surface area (Å²) in [5.41, 5.74) is 0. The second-order valence-electron chi connectivity index (χ2n) is 8.90. The van der Waals surface area contributed by atoms with Gasteiger partial charge in [-0.15, -0.1) is 0 Å². The van der Waals surface area contributed by atoms with Crippen molar-refractivity contribution in [1.82, 2.24) is 0 Å². The number of rotatable bonds is 22. The van der Waals surface area contributed by atoms with E-state index in [2.05, 4.69) is 4.18 Å². The van der Waals surface area contributed by atoms with Crippen LogP contribution in [0.4, 0.5) is 0 Å². The van der Waals surface area contributed by atoms with Crippen LogP contribution < -0.4 is 0 Å². The zero-order valence-corrected chi connectivity index (χ0v) is 23.8. The third kappa shape index (κ3) is 20.6. The molecular weight excluding hydrogens is 572 g/mol. The van der Waals surface area contributed by atoms with E-state index in [9.17, 15) is 44.8 Å². The minimum absolute atomic E-state index is 0.0109. The Hall–Kier alpha value is -1.34. The first kappa shape index (κ1) is 36.7. The highest BCUT2D eigenvalue weighted by atomic mass is 32.3. The highest BCUT2D eigenvalue weighted by molar-refractivity contribution is 7.89. The number of aliphatic hydroxyl groups is 2. The SMILES string of the molecule is CCCCCCC(C/C(O)=C(/CCCCCCCC(=O)OCC(O)CS(=O)(=O)O)S(=O)(=O)O)OS(=O)(=O)O. The molecule has 0 aromatic carbocycles. The molecule has 0 aromatic rings. The fraction of sp³-hybridized carbons (Fsp3) is 0.857. The second kappa shape index (κ2) is 18.1. The monoisotopic (exact) mass is 612 g/mol. The van der Waals surface area contributed by atoms with E-state index < -0.39 is 78.3 Å². The van der Waals surface area contributed by atoms with E-state index in [1.54, 1.807) is 0 Å². The molecule has 0 aliphatic heterocycles.